The molecule has 2 heterocycles. The van der Waals surface area contributed by atoms with Gasteiger partial charge in [-0.25, -0.2) is 4.68 Å². The standard InChI is InChI=1S/C14H14Cl2N6O2/c15-10-1-2-12(16)11(7-10)14(24)21-5-3-20(4-6-21)13(23)8-22-9-17-18-19-22/h1-2,7,9H,3-6,8H2. The lowest BCUT2D eigenvalue weighted by molar-refractivity contribution is -0.133. The van der Waals surface area contributed by atoms with Crippen molar-refractivity contribution in [3.63, 3.8) is 0 Å². The highest BCUT2D eigenvalue weighted by molar-refractivity contribution is 6.35. The number of hydrogen-bond acceptors (Lipinski definition) is 5. The second-order valence-electron chi connectivity index (χ2n) is 5.30. The van der Waals surface area contributed by atoms with Crippen molar-refractivity contribution in [2.24, 2.45) is 0 Å². The number of piperazine rings is 1. The molecule has 24 heavy (non-hydrogen) atoms. The van der Waals surface area contributed by atoms with Crippen molar-refractivity contribution in [2.75, 3.05) is 26.2 Å². The molecule has 0 unspecified atom stereocenters. The molecule has 8 nitrogen and oxygen atoms in total. The van der Waals surface area contributed by atoms with E-state index in [1.165, 1.54) is 11.0 Å². The van der Waals surface area contributed by atoms with Gasteiger partial charge in [-0.1, -0.05) is 23.2 Å². The van der Waals surface area contributed by atoms with Crippen LogP contribution in [0.5, 0.6) is 0 Å². The van der Waals surface area contributed by atoms with Gasteiger partial charge in [-0.05, 0) is 28.6 Å². The number of tetrazole rings is 1. The SMILES string of the molecule is O=C(Cn1cnnn1)N1CCN(C(=O)c2cc(Cl)ccc2Cl)CC1. The fourth-order valence-corrected chi connectivity index (χ4v) is 2.85. The third-order valence-corrected chi connectivity index (χ3v) is 4.33. The Morgan fingerprint density at radius 2 is 1.79 bits per heavy atom. The van der Waals surface area contributed by atoms with Gasteiger partial charge in [-0.2, -0.15) is 0 Å². The van der Waals surface area contributed by atoms with Gasteiger partial charge in [0.1, 0.15) is 12.9 Å². The molecule has 1 fully saturated rings. The van der Waals surface area contributed by atoms with E-state index < -0.39 is 0 Å². The first-order chi connectivity index (χ1) is 11.5. The fraction of sp³-hybridized carbons (Fsp3) is 0.357. The number of carbonyl (C=O) groups is 2. The zero-order valence-electron chi connectivity index (χ0n) is 12.6. The molecule has 3 rings (SSSR count). The number of nitrogens with zero attached hydrogens (tertiary/aromatic N) is 6. The van der Waals surface area contributed by atoms with Gasteiger partial charge in [0.2, 0.25) is 5.91 Å². The van der Waals surface area contributed by atoms with Crippen LogP contribution in [0.4, 0.5) is 0 Å². The molecule has 1 aromatic heterocycles. The molecule has 0 aliphatic carbocycles. The third kappa shape index (κ3) is 3.65. The van der Waals surface area contributed by atoms with E-state index in [4.69, 9.17) is 23.2 Å². The van der Waals surface area contributed by atoms with Gasteiger partial charge < -0.3 is 9.80 Å². The molecule has 1 aliphatic heterocycles. The van der Waals surface area contributed by atoms with Crippen molar-refractivity contribution < 1.29 is 9.59 Å². The Morgan fingerprint density at radius 3 is 2.46 bits per heavy atom. The Bertz CT molecular complexity index is 744. The molecular formula is C14H14Cl2N6O2. The van der Waals surface area contributed by atoms with Crippen molar-refractivity contribution in [3.05, 3.63) is 40.1 Å². The maximum Gasteiger partial charge on any atom is 0.255 e. The second-order valence-corrected chi connectivity index (χ2v) is 6.15. The van der Waals surface area contributed by atoms with Gasteiger partial charge in [0, 0.05) is 31.2 Å². The summed E-state index contributed by atoms with van der Waals surface area (Å²) in [6.45, 7) is 1.85. The van der Waals surface area contributed by atoms with Crippen molar-refractivity contribution in [1.29, 1.82) is 0 Å². The first kappa shape index (κ1) is 16.7. The van der Waals surface area contributed by atoms with Gasteiger partial charge in [0.15, 0.2) is 0 Å². The number of carbonyl (C=O) groups excluding carboxylic acids is 2. The van der Waals surface area contributed by atoms with Gasteiger partial charge in [0.25, 0.3) is 5.91 Å². The summed E-state index contributed by atoms with van der Waals surface area (Å²) in [4.78, 5) is 28.1. The maximum absolute atomic E-state index is 12.6. The Kier molecular flexibility index (Phi) is 4.96. The number of benzene rings is 1. The number of rotatable bonds is 3. The predicted octanol–water partition coefficient (Wildman–Crippen LogP) is 0.965. The van der Waals surface area contributed by atoms with Gasteiger partial charge in [-0.3, -0.25) is 9.59 Å². The molecule has 1 saturated heterocycles. The summed E-state index contributed by atoms with van der Waals surface area (Å²) in [6.07, 6.45) is 1.39. The van der Waals surface area contributed by atoms with Crippen molar-refractivity contribution >= 4 is 35.0 Å². The van der Waals surface area contributed by atoms with E-state index in [0.29, 0.717) is 41.8 Å². The monoisotopic (exact) mass is 368 g/mol. The van der Waals surface area contributed by atoms with E-state index in [1.54, 1.807) is 28.0 Å². The van der Waals surface area contributed by atoms with E-state index in [-0.39, 0.29) is 18.4 Å². The van der Waals surface area contributed by atoms with E-state index >= 15 is 0 Å². The van der Waals surface area contributed by atoms with E-state index in [1.807, 2.05) is 0 Å². The Morgan fingerprint density at radius 1 is 1.08 bits per heavy atom. The van der Waals surface area contributed by atoms with Crippen LogP contribution in [0.1, 0.15) is 10.4 Å². The second kappa shape index (κ2) is 7.14. The molecule has 1 aliphatic rings. The average molecular weight is 369 g/mol. The number of amides is 2. The number of aromatic nitrogens is 4. The highest BCUT2D eigenvalue weighted by atomic mass is 35.5. The Labute approximate surface area is 147 Å². The Balaban J connectivity index is 1.59. The van der Waals surface area contributed by atoms with E-state index in [0.717, 1.165) is 0 Å². The Hall–Kier alpha value is -2.19. The highest BCUT2D eigenvalue weighted by Gasteiger charge is 2.26. The van der Waals surface area contributed by atoms with Crippen LogP contribution in [-0.4, -0.2) is 68.0 Å². The topological polar surface area (TPSA) is 84.2 Å². The van der Waals surface area contributed by atoms with Crippen molar-refractivity contribution in [1.82, 2.24) is 30.0 Å². The normalized spacial score (nSPS) is 14.8. The largest absolute Gasteiger partial charge is 0.338 e. The molecule has 0 spiro atoms. The quantitative estimate of drug-likeness (QED) is 0.805. The first-order valence-electron chi connectivity index (χ1n) is 7.27. The fourth-order valence-electron chi connectivity index (χ4n) is 2.48. The molecule has 0 saturated carbocycles. The van der Waals surface area contributed by atoms with Crippen molar-refractivity contribution in [2.45, 2.75) is 6.54 Å². The van der Waals surface area contributed by atoms with Crippen LogP contribution in [-0.2, 0) is 11.3 Å². The molecule has 2 amide bonds. The van der Waals surface area contributed by atoms with Crippen LogP contribution in [0.3, 0.4) is 0 Å². The smallest absolute Gasteiger partial charge is 0.255 e. The van der Waals surface area contributed by atoms with Crippen LogP contribution < -0.4 is 0 Å². The van der Waals surface area contributed by atoms with Gasteiger partial charge in [-0.15, -0.1) is 5.10 Å². The lowest BCUT2D eigenvalue weighted by atomic mass is 10.1. The minimum atomic E-state index is -0.185. The summed E-state index contributed by atoms with van der Waals surface area (Å²) < 4.78 is 1.37. The summed E-state index contributed by atoms with van der Waals surface area (Å²) in [6, 6.07) is 4.79. The molecule has 2 aromatic rings. The summed E-state index contributed by atoms with van der Waals surface area (Å²) in [5.74, 6) is -0.273. The van der Waals surface area contributed by atoms with Crippen LogP contribution in [0.2, 0.25) is 10.0 Å². The summed E-state index contributed by atoms with van der Waals surface area (Å²) in [5.41, 5.74) is 0.373. The number of hydrogen-bond donors (Lipinski definition) is 0. The summed E-state index contributed by atoms with van der Waals surface area (Å²) in [5, 5.41) is 11.5. The van der Waals surface area contributed by atoms with E-state index in [9.17, 15) is 9.59 Å². The molecule has 10 heteroatoms. The molecule has 1 aromatic carbocycles. The predicted molar refractivity (Wildman–Crippen MR) is 86.8 cm³/mol. The zero-order chi connectivity index (χ0) is 17.1. The first-order valence-corrected chi connectivity index (χ1v) is 8.03. The third-order valence-electron chi connectivity index (χ3n) is 3.77. The summed E-state index contributed by atoms with van der Waals surface area (Å²) in [7, 11) is 0. The van der Waals surface area contributed by atoms with Crippen LogP contribution in [0.15, 0.2) is 24.5 Å². The van der Waals surface area contributed by atoms with Crippen LogP contribution in [0, 0.1) is 0 Å². The zero-order valence-corrected chi connectivity index (χ0v) is 14.1. The molecule has 0 bridgehead atoms. The summed E-state index contributed by atoms with van der Waals surface area (Å²) >= 11 is 12.0. The average Bonchev–Trinajstić information content (AvgIpc) is 3.09. The minimum absolute atomic E-state index is 0.0844. The van der Waals surface area contributed by atoms with Crippen LogP contribution in [0.25, 0.3) is 0 Å². The number of halogens is 2. The lowest BCUT2D eigenvalue weighted by Gasteiger charge is -2.34. The maximum atomic E-state index is 12.6. The molecular weight excluding hydrogens is 355 g/mol. The minimum Gasteiger partial charge on any atom is -0.338 e. The van der Waals surface area contributed by atoms with E-state index in [2.05, 4.69) is 15.5 Å². The van der Waals surface area contributed by atoms with Crippen LogP contribution >= 0.6 is 23.2 Å². The molecule has 126 valence electrons. The van der Waals surface area contributed by atoms with Crippen molar-refractivity contribution in [3.8, 4) is 0 Å². The van der Waals surface area contributed by atoms with Gasteiger partial charge >= 0.3 is 0 Å². The molecule has 0 N–H and O–H groups in total. The lowest BCUT2D eigenvalue weighted by Crippen LogP contribution is -2.51. The highest BCUT2D eigenvalue weighted by Crippen LogP contribution is 2.22. The molecule has 0 radical (unpaired) electrons. The molecule has 0 atom stereocenters. The van der Waals surface area contributed by atoms with Gasteiger partial charge in [0.05, 0.1) is 10.6 Å².